The molecule has 22 heavy (non-hydrogen) atoms. The number of hydrogen-bond acceptors (Lipinski definition) is 6. The van der Waals surface area contributed by atoms with Crippen LogP contribution in [0.3, 0.4) is 0 Å². The zero-order chi connectivity index (χ0) is 15.1. The first-order chi connectivity index (χ1) is 10.2. The van der Waals surface area contributed by atoms with Crippen LogP contribution in [-0.4, -0.2) is 60.8 Å². The van der Waals surface area contributed by atoms with Gasteiger partial charge in [0.2, 0.25) is 11.8 Å². The molecule has 0 saturated carbocycles. The Hall–Kier alpha value is -1.18. The van der Waals surface area contributed by atoms with E-state index in [1.54, 1.807) is 14.0 Å². The fourth-order valence-electron chi connectivity index (χ4n) is 2.62. The van der Waals surface area contributed by atoms with E-state index in [2.05, 4.69) is 15.5 Å². The van der Waals surface area contributed by atoms with Crippen LogP contribution in [0.5, 0.6) is 0 Å². The molecule has 1 aliphatic heterocycles. The van der Waals surface area contributed by atoms with Gasteiger partial charge in [0.25, 0.3) is 0 Å². The van der Waals surface area contributed by atoms with Crippen LogP contribution < -0.4 is 5.32 Å². The van der Waals surface area contributed by atoms with Crippen LogP contribution in [0.15, 0.2) is 4.52 Å². The minimum absolute atomic E-state index is 0. The molecule has 0 spiro atoms. The van der Waals surface area contributed by atoms with Gasteiger partial charge in [-0.25, -0.2) is 0 Å². The lowest BCUT2D eigenvalue weighted by molar-refractivity contribution is -0.132. The molecule has 0 radical (unpaired) electrons. The zero-order valence-electron chi connectivity index (χ0n) is 13.2. The molecule has 7 nitrogen and oxygen atoms in total. The number of ether oxygens (including phenoxy) is 1. The first kappa shape index (κ1) is 18.9. The molecule has 1 aromatic rings. The summed E-state index contributed by atoms with van der Waals surface area (Å²) in [5, 5.41) is 7.03. The fourth-order valence-corrected chi connectivity index (χ4v) is 2.62. The Labute approximate surface area is 137 Å². The number of piperidine rings is 1. The van der Waals surface area contributed by atoms with Crippen molar-refractivity contribution in [1.29, 1.82) is 0 Å². The molecule has 1 aliphatic rings. The van der Waals surface area contributed by atoms with E-state index in [1.165, 1.54) is 0 Å². The van der Waals surface area contributed by atoms with Crippen LogP contribution in [0.2, 0.25) is 0 Å². The Kier molecular flexibility index (Phi) is 8.37. The summed E-state index contributed by atoms with van der Waals surface area (Å²) < 4.78 is 9.94. The topological polar surface area (TPSA) is 80.5 Å². The van der Waals surface area contributed by atoms with Crippen molar-refractivity contribution in [1.82, 2.24) is 20.4 Å². The molecule has 0 aromatic carbocycles. The quantitative estimate of drug-likeness (QED) is 0.744. The fraction of sp³-hybridized carbons (Fsp3) is 0.786. The molecule has 2 rings (SSSR count). The molecular formula is C14H25ClN4O3. The minimum Gasteiger partial charge on any atom is -0.383 e. The van der Waals surface area contributed by atoms with Gasteiger partial charge in [-0.1, -0.05) is 5.16 Å². The maximum Gasteiger partial charge on any atom is 0.236 e. The number of methoxy groups -OCH3 is 1. The van der Waals surface area contributed by atoms with Crippen molar-refractivity contribution in [2.45, 2.75) is 26.2 Å². The van der Waals surface area contributed by atoms with E-state index in [1.807, 2.05) is 4.90 Å². The van der Waals surface area contributed by atoms with E-state index >= 15 is 0 Å². The van der Waals surface area contributed by atoms with Gasteiger partial charge in [0.1, 0.15) is 0 Å². The normalized spacial score (nSPS) is 18.1. The molecule has 1 saturated heterocycles. The van der Waals surface area contributed by atoms with Crippen molar-refractivity contribution in [3.8, 4) is 0 Å². The molecule has 2 heterocycles. The zero-order valence-corrected chi connectivity index (χ0v) is 14.0. The largest absolute Gasteiger partial charge is 0.383 e. The van der Waals surface area contributed by atoms with Crippen LogP contribution >= 0.6 is 12.4 Å². The number of carbonyl (C=O) groups excluding carboxylic acids is 1. The second kappa shape index (κ2) is 9.76. The van der Waals surface area contributed by atoms with E-state index in [0.717, 1.165) is 38.2 Å². The maximum atomic E-state index is 12.1. The molecule has 0 aliphatic carbocycles. The summed E-state index contributed by atoms with van der Waals surface area (Å²) >= 11 is 0. The Morgan fingerprint density at radius 1 is 1.55 bits per heavy atom. The van der Waals surface area contributed by atoms with Gasteiger partial charge >= 0.3 is 0 Å². The number of rotatable bonds is 7. The number of likely N-dealkylation sites (tertiary alicyclic amines) is 1. The van der Waals surface area contributed by atoms with Crippen molar-refractivity contribution >= 4 is 18.3 Å². The van der Waals surface area contributed by atoms with Crippen molar-refractivity contribution in [2.75, 3.05) is 39.9 Å². The van der Waals surface area contributed by atoms with Gasteiger partial charge < -0.3 is 19.5 Å². The number of hydrogen-bond donors (Lipinski definition) is 1. The SMILES string of the molecule is COCCNCC(=O)N1CCCC(Cc2noc(C)n2)C1.Cl. The summed E-state index contributed by atoms with van der Waals surface area (Å²) in [5.41, 5.74) is 0. The molecule has 1 atom stereocenters. The Morgan fingerprint density at radius 3 is 3.05 bits per heavy atom. The number of carbonyl (C=O) groups is 1. The standard InChI is InChI=1S/C14H24N4O3.ClH/c1-11-16-13(17-21-11)8-12-4-3-6-18(10-12)14(19)9-15-5-7-20-2;/h12,15H,3-10H2,1-2H3;1H. The second-order valence-electron chi connectivity index (χ2n) is 5.45. The molecule has 0 bridgehead atoms. The predicted molar refractivity (Wildman–Crippen MR) is 84.0 cm³/mol. The molecule has 1 fully saturated rings. The van der Waals surface area contributed by atoms with Crippen LogP contribution in [0.4, 0.5) is 0 Å². The van der Waals surface area contributed by atoms with Crippen molar-refractivity contribution in [3.05, 3.63) is 11.7 Å². The first-order valence-electron chi connectivity index (χ1n) is 7.45. The van der Waals surface area contributed by atoms with E-state index in [0.29, 0.717) is 31.5 Å². The first-order valence-corrected chi connectivity index (χ1v) is 7.45. The van der Waals surface area contributed by atoms with Gasteiger partial charge in [-0.15, -0.1) is 12.4 Å². The number of aromatic nitrogens is 2. The molecule has 1 unspecified atom stereocenters. The van der Waals surface area contributed by atoms with Crippen LogP contribution in [0, 0.1) is 12.8 Å². The molecule has 126 valence electrons. The van der Waals surface area contributed by atoms with E-state index in [-0.39, 0.29) is 18.3 Å². The second-order valence-corrected chi connectivity index (χ2v) is 5.45. The number of nitrogens with zero attached hydrogens (tertiary/aromatic N) is 3. The Bertz CT molecular complexity index is 455. The third-order valence-electron chi connectivity index (χ3n) is 3.67. The molecule has 8 heteroatoms. The lowest BCUT2D eigenvalue weighted by Gasteiger charge is -2.32. The summed E-state index contributed by atoms with van der Waals surface area (Å²) in [6.07, 6.45) is 2.91. The Balaban J connectivity index is 0.00000242. The van der Waals surface area contributed by atoms with Crippen molar-refractivity contribution < 1.29 is 14.1 Å². The predicted octanol–water partition coefficient (Wildman–Crippen LogP) is 0.817. The van der Waals surface area contributed by atoms with Gasteiger partial charge in [0.15, 0.2) is 5.82 Å². The lowest BCUT2D eigenvalue weighted by atomic mass is 9.94. The van der Waals surface area contributed by atoms with Crippen LogP contribution in [0.1, 0.15) is 24.6 Å². The summed E-state index contributed by atoms with van der Waals surface area (Å²) in [5.74, 6) is 1.90. The molecule has 1 aromatic heterocycles. The number of nitrogens with one attached hydrogen (secondary N) is 1. The van der Waals surface area contributed by atoms with Gasteiger partial charge in [0, 0.05) is 40.1 Å². The average Bonchev–Trinajstić information content (AvgIpc) is 2.89. The average molecular weight is 333 g/mol. The van der Waals surface area contributed by atoms with E-state index in [4.69, 9.17) is 9.26 Å². The monoisotopic (exact) mass is 332 g/mol. The highest BCUT2D eigenvalue weighted by Crippen LogP contribution is 2.19. The lowest BCUT2D eigenvalue weighted by Crippen LogP contribution is -2.44. The Morgan fingerprint density at radius 2 is 2.36 bits per heavy atom. The third-order valence-corrected chi connectivity index (χ3v) is 3.67. The van der Waals surface area contributed by atoms with Gasteiger partial charge in [-0.2, -0.15) is 4.98 Å². The maximum absolute atomic E-state index is 12.1. The highest BCUT2D eigenvalue weighted by Gasteiger charge is 2.24. The third kappa shape index (κ3) is 5.90. The van der Waals surface area contributed by atoms with Gasteiger partial charge in [-0.05, 0) is 18.8 Å². The summed E-state index contributed by atoms with van der Waals surface area (Å²) in [6.45, 7) is 5.09. The summed E-state index contributed by atoms with van der Waals surface area (Å²) in [6, 6.07) is 0. The highest BCUT2D eigenvalue weighted by atomic mass is 35.5. The van der Waals surface area contributed by atoms with Crippen molar-refractivity contribution in [3.63, 3.8) is 0 Å². The van der Waals surface area contributed by atoms with E-state index in [9.17, 15) is 4.79 Å². The summed E-state index contributed by atoms with van der Waals surface area (Å²) in [4.78, 5) is 18.3. The molecule has 1 amide bonds. The van der Waals surface area contributed by atoms with Crippen molar-refractivity contribution in [2.24, 2.45) is 5.92 Å². The highest BCUT2D eigenvalue weighted by molar-refractivity contribution is 5.85. The summed E-state index contributed by atoms with van der Waals surface area (Å²) in [7, 11) is 1.65. The number of aryl methyl sites for hydroxylation is 1. The number of amides is 1. The van der Waals surface area contributed by atoms with E-state index < -0.39 is 0 Å². The van der Waals surface area contributed by atoms with Gasteiger partial charge in [0.05, 0.1) is 13.2 Å². The number of halogens is 1. The minimum atomic E-state index is 0. The smallest absolute Gasteiger partial charge is 0.236 e. The van der Waals surface area contributed by atoms with Gasteiger partial charge in [-0.3, -0.25) is 4.79 Å². The van der Waals surface area contributed by atoms with Crippen LogP contribution in [-0.2, 0) is 16.0 Å². The molecular weight excluding hydrogens is 308 g/mol. The van der Waals surface area contributed by atoms with Crippen LogP contribution in [0.25, 0.3) is 0 Å². The molecule has 1 N–H and O–H groups in total.